The Morgan fingerprint density at radius 2 is 0.971 bits per heavy atom. The van der Waals surface area contributed by atoms with Gasteiger partial charge in [0, 0.05) is 36.2 Å². The minimum absolute atomic E-state index is 1.06. The molecule has 4 heteroatoms. The van der Waals surface area contributed by atoms with E-state index in [1.165, 1.54) is 46.6 Å². The quantitative estimate of drug-likeness (QED) is 0.227. The van der Waals surface area contributed by atoms with Crippen molar-refractivity contribution in [1.29, 1.82) is 0 Å². The number of aryl methyl sites for hydroxylation is 2. The molecule has 170 valence electrons. The monoisotopic (exact) mass is 505 g/mol. The van der Waals surface area contributed by atoms with E-state index >= 15 is 0 Å². The van der Waals surface area contributed by atoms with Crippen LogP contribution in [0.5, 0.6) is 0 Å². The molecule has 6 rings (SSSR count). The zero-order valence-corrected chi connectivity index (χ0v) is 21.9. The summed E-state index contributed by atoms with van der Waals surface area (Å²) in [6.45, 7) is 4.45. The Bertz CT molecular complexity index is 1490. The van der Waals surface area contributed by atoms with Gasteiger partial charge in [-0.1, -0.05) is 91.0 Å². The van der Waals surface area contributed by atoms with Crippen molar-refractivity contribution in [2.75, 3.05) is 0 Å². The standard InChI is InChI=1S/C31H23NS3/c1-20-25(18-27(33-20)22-12-6-3-7-13-22)29-30(35-31(32-29)24-16-10-5-11-17-24)26-19-28(34-21(26)2)23-14-8-4-9-15-23/h3-19H,1-2H3. The molecule has 1 nitrogen and oxygen atoms in total. The summed E-state index contributed by atoms with van der Waals surface area (Å²) in [6, 6.07) is 36.5. The maximum Gasteiger partial charge on any atom is 0.124 e. The van der Waals surface area contributed by atoms with E-state index in [9.17, 15) is 0 Å². The van der Waals surface area contributed by atoms with Gasteiger partial charge in [-0.3, -0.25) is 0 Å². The Kier molecular flexibility index (Phi) is 5.95. The summed E-state index contributed by atoms with van der Waals surface area (Å²) < 4.78 is 0. The Labute approximate surface area is 218 Å². The Morgan fingerprint density at radius 3 is 1.51 bits per heavy atom. The van der Waals surface area contributed by atoms with Gasteiger partial charge in [0.1, 0.15) is 5.01 Å². The average molecular weight is 506 g/mol. The molecule has 35 heavy (non-hydrogen) atoms. The van der Waals surface area contributed by atoms with Crippen molar-refractivity contribution in [2.45, 2.75) is 13.8 Å². The molecule has 0 bridgehead atoms. The number of nitrogens with zero attached hydrogens (tertiary/aromatic N) is 1. The molecule has 0 saturated heterocycles. The van der Waals surface area contributed by atoms with Crippen molar-refractivity contribution < 1.29 is 0 Å². The zero-order valence-electron chi connectivity index (χ0n) is 19.5. The number of benzene rings is 3. The normalized spacial score (nSPS) is 11.1. The fourth-order valence-corrected chi connectivity index (χ4v) is 7.58. The molecule has 0 amide bonds. The minimum Gasteiger partial charge on any atom is -0.235 e. The highest BCUT2D eigenvalue weighted by Crippen LogP contribution is 2.48. The van der Waals surface area contributed by atoms with Gasteiger partial charge in [-0.15, -0.1) is 34.0 Å². The van der Waals surface area contributed by atoms with Crippen LogP contribution >= 0.6 is 34.0 Å². The Morgan fingerprint density at radius 1 is 0.514 bits per heavy atom. The third-order valence-corrected chi connectivity index (χ3v) is 9.44. The summed E-state index contributed by atoms with van der Waals surface area (Å²) in [7, 11) is 0. The fourth-order valence-electron chi connectivity index (χ4n) is 4.30. The summed E-state index contributed by atoms with van der Waals surface area (Å²) >= 11 is 5.50. The fraction of sp³-hybridized carbons (Fsp3) is 0.0645. The van der Waals surface area contributed by atoms with Crippen molar-refractivity contribution in [1.82, 2.24) is 4.98 Å². The summed E-state index contributed by atoms with van der Waals surface area (Å²) in [5, 5.41) is 1.06. The second-order valence-electron chi connectivity index (χ2n) is 8.46. The minimum atomic E-state index is 1.06. The zero-order chi connectivity index (χ0) is 23.8. The summed E-state index contributed by atoms with van der Waals surface area (Å²) in [4.78, 5) is 11.7. The van der Waals surface area contributed by atoms with E-state index in [2.05, 4.69) is 117 Å². The molecule has 0 spiro atoms. The largest absolute Gasteiger partial charge is 0.235 e. The molecule has 3 aromatic carbocycles. The van der Waals surface area contributed by atoms with E-state index in [1.54, 1.807) is 11.3 Å². The molecule has 0 N–H and O–H groups in total. The lowest BCUT2D eigenvalue weighted by Crippen LogP contribution is -1.83. The molecule has 0 radical (unpaired) electrons. The first-order chi connectivity index (χ1) is 17.2. The number of aromatic nitrogens is 1. The highest BCUT2D eigenvalue weighted by molar-refractivity contribution is 7.20. The molecule has 0 aliphatic rings. The van der Waals surface area contributed by atoms with Gasteiger partial charge in [0.25, 0.3) is 0 Å². The Balaban J connectivity index is 1.53. The van der Waals surface area contributed by atoms with Gasteiger partial charge < -0.3 is 0 Å². The summed E-state index contributed by atoms with van der Waals surface area (Å²) in [5.74, 6) is 0. The van der Waals surface area contributed by atoms with Crippen molar-refractivity contribution in [3.8, 4) is 53.2 Å². The van der Waals surface area contributed by atoms with Crippen LogP contribution in [0, 0.1) is 13.8 Å². The number of thiazole rings is 1. The van der Waals surface area contributed by atoms with Gasteiger partial charge in [0.05, 0.1) is 10.6 Å². The van der Waals surface area contributed by atoms with Crippen LogP contribution in [0.15, 0.2) is 103 Å². The smallest absolute Gasteiger partial charge is 0.124 e. The van der Waals surface area contributed by atoms with Crippen molar-refractivity contribution in [3.63, 3.8) is 0 Å². The maximum absolute atomic E-state index is 5.25. The third-order valence-electron chi connectivity index (χ3n) is 6.10. The molecule has 6 aromatic rings. The second-order valence-corrected chi connectivity index (χ2v) is 12.0. The molecular formula is C31H23NS3. The van der Waals surface area contributed by atoms with Gasteiger partial charge >= 0.3 is 0 Å². The number of hydrogen-bond acceptors (Lipinski definition) is 4. The third kappa shape index (κ3) is 4.30. The van der Waals surface area contributed by atoms with Gasteiger partial charge in [-0.25, -0.2) is 4.98 Å². The predicted molar refractivity (Wildman–Crippen MR) is 155 cm³/mol. The number of thiophene rings is 2. The van der Waals surface area contributed by atoms with Crippen LogP contribution in [0.2, 0.25) is 0 Å². The molecule has 0 fully saturated rings. The van der Waals surface area contributed by atoms with Crippen molar-refractivity contribution >= 4 is 34.0 Å². The summed E-state index contributed by atoms with van der Waals surface area (Å²) in [6.07, 6.45) is 0. The molecule has 0 aliphatic carbocycles. The first-order valence-corrected chi connectivity index (χ1v) is 14.0. The van der Waals surface area contributed by atoms with Crippen LogP contribution in [0.25, 0.3) is 53.2 Å². The SMILES string of the molecule is Cc1sc(-c2ccccc2)cc1-c1nc(-c2ccccc2)sc1-c1cc(-c2ccccc2)sc1C. The summed E-state index contributed by atoms with van der Waals surface area (Å²) in [5.41, 5.74) is 7.29. The van der Waals surface area contributed by atoms with E-state index in [-0.39, 0.29) is 0 Å². The highest BCUT2D eigenvalue weighted by Gasteiger charge is 2.22. The molecular weight excluding hydrogens is 483 g/mol. The van der Waals surface area contributed by atoms with Gasteiger partial charge in [0.15, 0.2) is 0 Å². The van der Waals surface area contributed by atoms with Crippen LogP contribution in [0.4, 0.5) is 0 Å². The number of hydrogen-bond donors (Lipinski definition) is 0. The van der Waals surface area contributed by atoms with E-state index < -0.39 is 0 Å². The average Bonchev–Trinajstić information content (AvgIpc) is 3.62. The first-order valence-electron chi connectivity index (χ1n) is 11.6. The predicted octanol–water partition coefficient (Wildman–Crippen LogP) is 10.2. The number of rotatable bonds is 5. The van der Waals surface area contributed by atoms with Gasteiger partial charge in [-0.05, 0) is 37.1 Å². The van der Waals surface area contributed by atoms with Crippen molar-refractivity contribution in [2.24, 2.45) is 0 Å². The van der Waals surface area contributed by atoms with Gasteiger partial charge in [0.2, 0.25) is 0 Å². The van der Waals surface area contributed by atoms with Crippen molar-refractivity contribution in [3.05, 3.63) is 113 Å². The highest BCUT2D eigenvalue weighted by atomic mass is 32.1. The molecule has 3 heterocycles. The molecule has 0 atom stereocenters. The van der Waals surface area contributed by atoms with Crippen LogP contribution in [-0.4, -0.2) is 4.98 Å². The topological polar surface area (TPSA) is 12.9 Å². The lowest BCUT2D eigenvalue weighted by Gasteiger charge is -2.01. The van der Waals surface area contributed by atoms with E-state index in [0.717, 1.165) is 16.3 Å². The van der Waals surface area contributed by atoms with Crippen LogP contribution in [0.1, 0.15) is 9.75 Å². The van der Waals surface area contributed by atoms with E-state index in [4.69, 9.17) is 4.98 Å². The Hall–Kier alpha value is -3.31. The molecule has 0 aliphatic heterocycles. The van der Waals surface area contributed by atoms with E-state index in [1.807, 2.05) is 22.7 Å². The first kappa shape index (κ1) is 22.2. The van der Waals surface area contributed by atoms with Crippen LogP contribution in [0.3, 0.4) is 0 Å². The van der Waals surface area contributed by atoms with E-state index in [0.29, 0.717) is 0 Å². The lowest BCUT2D eigenvalue weighted by molar-refractivity contribution is 1.39. The second kappa shape index (κ2) is 9.38. The molecule has 0 saturated carbocycles. The van der Waals surface area contributed by atoms with Crippen LogP contribution in [-0.2, 0) is 0 Å². The van der Waals surface area contributed by atoms with Crippen LogP contribution < -0.4 is 0 Å². The maximum atomic E-state index is 5.25. The molecule has 3 aromatic heterocycles. The lowest BCUT2D eigenvalue weighted by atomic mass is 10.1. The van der Waals surface area contributed by atoms with Gasteiger partial charge in [-0.2, -0.15) is 0 Å². The molecule has 0 unspecified atom stereocenters.